The SMILES string of the molecule is COc1cc(C(C)(C)F)cc(-c2cc(N)n(C)n2)c1OC. The average molecular weight is 293 g/mol. The topological polar surface area (TPSA) is 62.3 Å². The number of alkyl halides is 1. The second-order valence-electron chi connectivity index (χ2n) is 5.31. The molecule has 0 saturated carbocycles. The molecule has 0 radical (unpaired) electrons. The first-order chi connectivity index (χ1) is 9.77. The minimum atomic E-state index is -1.51. The minimum Gasteiger partial charge on any atom is -0.493 e. The number of nitrogens with zero attached hydrogens (tertiary/aromatic N) is 2. The molecule has 1 aromatic carbocycles. The van der Waals surface area contributed by atoms with Crippen LogP contribution in [-0.2, 0) is 12.7 Å². The van der Waals surface area contributed by atoms with Crippen LogP contribution in [0.4, 0.5) is 10.2 Å². The molecule has 2 N–H and O–H groups in total. The third kappa shape index (κ3) is 2.79. The summed E-state index contributed by atoms with van der Waals surface area (Å²) >= 11 is 0. The van der Waals surface area contributed by atoms with Crippen molar-refractivity contribution in [1.82, 2.24) is 9.78 Å². The standard InChI is InChI=1S/C15H20FN3O2/c1-15(2,16)9-6-10(11-8-13(17)19(3)18-11)14(21-5)12(7-9)20-4/h6-8H,17H2,1-5H3. The summed E-state index contributed by atoms with van der Waals surface area (Å²) in [5.74, 6) is 1.47. The molecule has 21 heavy (non-hydrogen) atoms. The summed E-state index contributed by atoms with van der Waals surface area (Å²) in [6.07, 6.45) is 0. The molecule has 1 aromatic heterocycles. The van der Waals surface area contributed by atoms with Crippen molar-refractivity contribution >= 4 is 5.82 Å². The Morgan fingerprint density at radius 3 is 2.29 bits per heavy atom. The number of hydrogen-bond acceptors (Lipinski definition) is 4. The molecule has 5 nitrogen and oxygen atoms in total. The van der Waals surface area contributed by atoms with Gasteiger partial charge in [-0.3, -0.25) is 4.68 Å². The van der Waals surface area contributed by atoms with Crippen LogP contribution in [0.15, 0.2) is 18.2 Å². The Kier molecular flexibility index (Phi) is 3.80. The number of methoxy groups -OCH3 is 2. The highest BCUT2D eigenvalue weighted by Crippen LogP contribution is 2.42. The van der Waals surface area contributed by atoms with Gasteiger partial charge in [0.25, 0.3) is 0 Å². The number of ether oxygens (including phenoxy) is 2. The van der Waals surface area contributed by atoms with E-state index in [0.717, 1.165) is 0 Å². The minimum absolute atomic E-state index is 0.458. The van der Waals surface area contributed by atoms with Crippen molar-refractivity contribution in [2.45, 2.75) is 19.5 Å². The molecule has 114 valence electrons. The molecule has 1 heterocycles. The van der Waals surface area contributed by atoms with Crippen LogP contribution < -0.4 is 15.2 Å². The lowest BCUT2D eigenvalue weighted by atomic mass is 9.96. The van der Waals surface area contributed by atoms with Gasteiger partial charge in [0.2, 0.25) is 0 Å². The summed E-state index contributed by atoms with van der Waals surface area (Å²) in [5, 5.41) is 4.32. The van der Waals surface area contributed by atoms with Gasteiger partial charge < -0.3 is 15.2 Å². The molecule has 2 rings (SSSR count). The van der Waals surface area contributed by atoms with Gasteiger partial charge in [0.05, 0.1) is 19.9 Å². The fourth-order valence-corrected chi connectivity index (χ4v) is 2.11. The molecule has 0 aliphatic carbocycles. The summed E-state index contributed by atoms with van der Waals surface area (Å²) < 4.78 is 26.6. The zero-order chi connectivity index (χ0) is 15.8. The van der Waals surface area contributed by atoms with Crippen molar-refractivity contribution in [3.63, 3.8) is 0 Å². The van der Waals surface area contributed by atoms with Gasteiger partial charge in [-0.25, -0.2) is 4.39 Å². The van der Waals surface area contributed by atoms with E-state index in [1.807, 2.05) is 0 Å². The quantitative estimate of drug-likeness (QED) is 0.941. The molecule has 0 bridgehead atoms. The fourth-order valence-electron chi connectivity index (χ4n) is 2.11. The molecule has 0 atom stereocenters. The van der Waals surface area contributed by atoms with Crippen LogP contribution in [0.25, 0.3) is 11.3 Å². The molecular formula is C15H20FN3O2. The van der Waals surface area contributed by atoms with Crippen LogP contribution >= 0.6 is 0 Å². The van der Waals surface area contributed by atoms with Crippen LogP contribution in [-0.4, -0.2) is 24.0 Å². The van der Waals surface area contributed by atoms with Crippen LogP contribution in [0, 0.1) is 0 Å². The van der Waals surface area contributed by atoms with Crippen molar-refractivity contribution in [3.8, 4) is 22.8 Å². The molecule has 0 aliphatic heterocycles. The second kappa shape index (κ2) is 5.27. The number of aromatic nitrogens is 2. The number of rotatable bonds is 4. The molecular weight excluding hydrogens is 273 g/mol. The lowest BCUT2D eigenvalue weighted by Gasteiger charge is -2.19. The van der Waals surface area contributed by atoms with Crippen molar-refractivity contribution < 1.29 is 13.9 Å². The predicted octanol–water partition coefficient (Wildman–Crippen LogP) is 2.89. The highest BCUT2D eigenvalue weighted by molar-refractivity contribution is 5.74. The van der Waals surface area contributed by atoms with Crippen molar-refractivity contribution in [1.29, 1.82) is 0 Å². The number of aryl methyl sites for hydroxylation is 1. The predicted molar refractivity (Wildman–Crippen MR) is 80.3 cm³/mol. The first-order valence-electron chi connectivity index (χ1n) is 6.53. The molecule has 0 unspecified atom stereocenters. The van der Waals surface area contributed by atoms with E-state index in [1.165, 1.54) is 28.1 Å². The van der Waals surface area contributed by atoms with E-state index in [1.54, 1.807) is 29.9 Å². The van der Waals surface area contributed by atoms with Gasteiger partial charge in [-0.05, 0) is 31.5 Å². The molecule has 0 fully saturated rings. The maximum Gasteiger partial charge on any atom is 0.170 e. The number of nitrogens with two attached hydrogens (primary N) is 1. The Morgan fingerprint density at radius 2 is 1.86 bits per heavy atom. The van der Waals surface area contributed by atoms with Crippen LogP contribution in [0.2, 0.25) is 0 Å². The molecule has 6 heteroatoms. The van der Waals surface area contributed by atoms with E-state index in [0.29, 0.717) is 34.1 Å². The average Bonchev–Trinajstić information content (AvgIpc) is 2.75. The smallest absolute Gasteiger partial charge is 0.170 e. The van der Waals surface area contributed by atoms with Crippen molar-refractivity contribution in [2.24, 2.45) is 7.05 Å². The summed E-state index contributed by atoms with van der Waals surface area (Å²) in [6, 6.07) is 5.06. The van der Waals surface area contributed by atoms with Gasteiger partial charge >= 0.3 is 0 Å². The van der Waals surface area contributed by atoms with Crippen molar-refractivity contribution in [3.05, 3.63) is 23.8 Å². The lowest BCUT2D eigenvalue weighted by molar-refractivity contribution is 0.220. The summed E-state index contributed by atoms with van der Waals surface area (Å²) in [5.41, 5.74) is 6.05. The van der Waals surface area contributed by atoms with Gasteiger partial charge in [0.1, 0.15) is 11.5 Å². The number of hydrogen-bond donors (Lipinski definition) is 1. The van der Waals surface area contributed by atoms with Gasteiger partial charge in [0.15, 0.2) is 11.5 Å². The fraction of sp³-hybridized carbons (Fsp3) is 0.400. The van der Waals surface area contributed by atoms with Gasteiger partial charge in [-0.15, -0.1) is 0 Å². The number of nitrogen functional groups attached to an aromatic ring is 1. The van der Waals surface area contributed by atoms with Gasteiger partial charge in [-0.2, -0.15) is 5.10 Å². The summed E-state index contributed by atoms with van der Waals surface area (Å²) in [7, 11) is 4.79. The Morgan fingerprint density at radius 1 is 1.19 bits per heavy atom. The zero-order valence-electron chi connectivity index (χ0n) is 12.9. The summed E-state index contributed by atoms with van der Waals surface area (Å²) in [6.45, 7) is 2.98. The largest absolute Gasteiger partial charge is 0.493 e. The summed E-state index contributed by atoms with van der Waals surface area (Å²) in [4.78, 5) is 0. The maximum absolute atomic E-state index is 14.3. The normalized spacial score (nSPS) is 11.5. The Bertz CT molecular complexity index is 640. The van der Waals surface area contributed by atoms with Crippen molar-refractivity contribution in [2.75, 3.05) is 20.0 Å². The molecule has 2 aromatic rings. The zero-order valence-corrected chi connectivity index (χ0v) is 12.9. The number of halogens is 1. The highest BCUT2D eigenvalue weighted by Gasteiger charge is 2.25. The van der Waals surface area contributed by atoms with Gasteiger partial charge in [-0.1, -0.05) is 0 Å². The van der Waals surface area contributed by atoms with Crippen LogP contribution in [0.1, 0.15) is 19.4 Å². The van der Waals surface area contributed by atoms with E-state index in [9.17, 15) is 4.39 Å². The second-order valence-corrected chi connectivity index (χ2v) is 5.31. The molecule has 0 aliphatic rings. The Balaban J connectivity index is 2.72. The van der Waals surface area contributed by atoms with E-state index in [-0.39, 0.29) is 0 Å². The van der Waals surface area contributed by atoms with E-state index >= 15 is 0 Å². The highest BCUT2D eigenvalue weighted by atomic mass is 19.1. The molecule has 0 spiro atoms. The molecule has 0 amide bonds. The Hall–Kier alpha value is -2.24. The Labute approximate surface area is 123 Å². The van der Waals surface area contributed by atoms with Crippen LogP contribution in [0.3, 0.4) is 0 Å². The first kappa shape index (κ1) is 15.2. The van der Waals surface area contributed by atoms with Gasteiger partial charge in [0, 0.05) is 18.7 Å². The lowest BCUT2D eigenvalue weighted by Crippen LogP contribution is -2.10. The first-order valence-corrected chi connectivity index (χ1v) is 6.53. The van der Waals surface area contributed by atoms with E-state index in [2.05, 4.69) is 5.10 Å². The van der Waals surface area contributed by atoms with E-state index < -0.39 is 5.67 Å². The number of anilines is 1. The third-order valence-electron chi connectivity index (χ3n) is 3.36. The maximum atomic E-state index is 14.3. The monoisotopic (exact) mass is 293 g/mol. The number of benzene rings is 1. The molecule has 0 saturated heterocycles. The van der Waals surface area contributed by atoms with Crippen LogP contribution in [0.5, 0.6) is 11.5 Å². The third-order valence-corrected chi connectivity index (χ3v) is 3.36. The van der Waals surface area contributed by atoms with E-state index in [4.69, 9.17) is 15.2 Å².